The molecule has 1 aromatic carbocycles. The van der Waals surface area contributed by atoms with Gasteiger partial charge >= 0.3 is 5.97 Å². The molecule has 0 bridgehead atoms. The maximum Gasteiger partial charge on any atom is 0.356 e. The summed E-state index contributed by atoms with van der Waals surface area (Å²) in [4.78, 5) is 22.8. The van der Waals surface area contributed by atoms with Crippen LogP contribution < -0.4 is 19.7 Å². The van der Waals surface area contributed by atoms with Crippen molar-refractivity contribution in [1.29, 1.82) is 0 Å². The Morgan fingerprint density at radius 3 is 2.21 bits per heavy atom. The third-order valence-electron chi connectivity index (χ3n) is 5.16. The molecular formula is C24H33ClN4O4. The minimum Gasteiger partial charge on any atom is -0.491 e. The zero-order valence-corrected chi connectivity index (χ0v) is 20.7. The highest BCUT2D eigenvalue weighted by Gasteiger charge is 2.25. The Morgan fingerprint density at radius 2 is 1.67 bits per heavy atom. The highest BCUT2D eigenvalue weighted by Crippen LogP contribution is 2.29. The van der Waals surface area contributed by atoms with E-state index in [1.165, 1.54) is 7.11 Å². The van der Waals surface area contributed by atoms with Crippen LogP contribution in [0, 0.1) is 0 Å². The van der Waals surface area contributed by atoms with Gasteiger partial charge in [-0.1, -0.05) is 0 Å². The van der Waals surface area contributed by atoms with Crippen molar-refractivity contribution in [2.75, 3.05) is 25.1 Å². The number of methoxy groups -OCH3 is 1. The Hall–Kier alpha value is -2.58. The largest absolute Gasteiger partial charge is 0.491 e. The van der Waals surface area contributed by atoms with Gasteiger partial charge in [0.2, 0.25) is 5.28 Å². The van der Waals surface area contributed by atoms with Crippen LogP contribution in [0.15, 0.2) is 24.3 Å². The number of anilines is 1. The number of benzene rings is 1. The standard InChI is InChI=1S/C24H33ClN4O4/c1-15(2)32-19-10-17(11-20(12-19)33-16(3)4)14-29(18-6-8-26-9-7-18)22-13-21(23(30)31-5)27-24(25)28-22/h10-13,15-16,18,26H,6-9,14H2,1-5H3. The minimum atomic E-state index is -0.550. The lowest BCUT2D eigenvalue weighted by Crippen LogP contribution is -2.43. The number of hydrogen-bond acceptors (Lipinski definition) is 8. The van der Waals surface area contributed by atoms with Crippen molar-refractivity contribution in [3.63, 3.8) is 0 Å². The van der Waals surface area contributed by atoms with E-state index < -0.39 is 5.97 Å². The van der Waals surface area contributed by atoms with Gasteiger partial charge in [0, 0.05) is 24.7 Å². The molecule has 0 unspecified atom stereocenters. The summed E-state index contributed by atoms with van der Waals surface area (Å²) in [6.07, 6.45) is 1.95. The summed E-state index contributed by atoms with van der Waals surface area (Å²) in [7, 11) is 1.32. The quantitative estimate of drug-likeness (QED) is 0.424. The fraction of sp³-hybridized carbons (Fsp3) is 0.542. The lowest BCUT2D eigenvalue weighted by atomic mass is 10.0. The summed E-state index contributed by atoms with van der Waals surface area (Å²) in [6.45, 7) is 10.3. The monoisotopic (exact) mass is 476 g/mol. The molecule has 1 saturated heterocycles. The first-order chi connectivity index (χ1) is 15.7. The molecule has 2 aromatic rings. The van der Waals surface area contributed by atoms with E-state index in [9.17, 15) is 4.79 Å². The van der Waals surface area contributed by atoms with E-state index in [4.69, 9.17) is 25.8 Å². The number of piperidine rings is 1. The van der Waals surface area contributed by atoms with Crippen molar-refractivity contribution in [2.24, 2.45) is 0 Å². The molecule has 1 fully saturated rings. The summed E-state index contributed by atoms with van der Waals surface area (Å²) in [5, 5.41) is 3.40. The first-order valence-corrected chi connectivity index (χ1v) is 11.7. The summed E-state index contributed by atoms with van der Waals surface area (Å²) in [5.74, 6) is 1.54. The van der Waals surface area contributed by atoms with Gasteiger partial charge in [0.05, 0.1) is 19.3 Å². The van der Waals surface area contributed by atoms with Gasteiger partial charge in [-0.3, -0.25) is 0 Å². The van der Waals surface area contributed by atoms with Crippen molar-refractivity contribution in [2.45, 2.75) is 65.3 Å². The van der Waals surface area contributed by atoms with Gasteiger partial charge in [0.15, 0.2) is 5.69 Å². The number of hydrogen-bond donors (Lipinski definition) is 1. The first kappa shape index (κ1) is 25.1. The Kier molecular flexibility index (Phi) is 8.74. The van der Waals surface area contributed by atoms with Crippen molar-refractivity contribution in [1.82, 2.24) is 15.3 Å². The summed E-state index contributed by atoms with van der Waals surface area (Å²) in [5.41, 5.74) is 1.14. The lowest BCUT2D eigenvalue weighted by Gasteiger charge is -2.36. The Balaban J connectivity index is 2.00. The van der Waals surface area contributed by atoms with E-state index in [1.54, 1.807) is 6.07 Å². The Morgan fingerprint density at radius 1 is 1.06 bits per heavy atom. The zero-order chi connectivity index (χ0) is 24.0. The zero-order valence-electron chi connectivity index (χ0n) is 19.9. The molecule has 0 aliphatic carbocycles. The van der Waals surface area contributed by atoms with Crippen molar-refractivity contribution in [3.8, 4) is 11.5 Å². The molecular weight excluding hydrogens is 444 g/mol. The number of ether oxygens (including phenoxy) is 3. The van der Waals surface area contributed by atoms with Crippen LogP contribution in [0.25, 0.3) is 0 Å². The molecule has 0 atom stereocenters. The van der Waals surface area contributed by atoms with Crippen LogP contribution in [0.5, 0.6) is 11.5 Å². The molecule has 33 heavy (non-hydrogen) atoms. The smallest absolute Gasteiger partial charge is 0.356 e. The van der Waals surface area contributed by atoms with Gasteiger partial charge in [0.25, 0.3) is 0 Å². The summed E-state index contributed by atoms with van der Waals surface area (Å²) >= 11 is 6.19. The normalized spacial score (nSPS) is 14.4. The van der Waals surface area contributed by atoms with E-state index in [0.717, 1.165) is 43.0 Å². The second kappa shape index (κ2) is 11.5. The number of nitrogens with zero attached hydrogens (tertiary/aromatic N) is 3. The molecule has 180 valence electrons. The van der Waals surface area contributed by atoms with Gasteiger partial charge in [0.1, 0.15) is 17.3 Å². The van der Waals surface area contributed by atoms with E-state index in [0.29, 0.717) is 12.4 Å². The van der Waals surface area contributed by atoms with Crippen LogP contribution >= 0.6 is 11.6 Å². The van der Waals surface area contributed by atoms with Crippen LogP contribution in [0.4, 0.5) is 5.82 Å². The second-order valence-corrected chi connectivity index (χ2v) is 8.97. The molecule has 8 nitrogen and oxygen atoms in total. The molecule has 1 aliphatic heterocycles. The van der Waals surface area contributed by atoms with E-state index in [2.05, 4.69) is 20.2 Å². The van der Waals surface area contributed by atoms with Gasteiger partial charge in [-0.25, -0.2) is 14.8 Å². The fourth-order valence-corrected chi connectivity index (χ4v) is 4.05. The van der Waals surface area contributed by atoms with Gasteiger partial charge in [-0.05, 0) is 82.9 Å². The highest BCUT2D eigenvalue weighted by atomic mass is 35.5. The van der Waals surface area contributed by atoms with Crippen molar-refractivity contribution >= 4 is 23.4 Å². The van der Waals surface area contributed by atoms with Gasteiger partial charge < -0.3 is 24.4 Å². The molecule has 1 aliphatic rings. The van der Waals surface area contributed by atoms with Crippen LogP contribution in [0.1, 0.15) is 56.6 Å². The number of halogens is 1. The predicted molar refractivity (Wildman–Crippen MR) is 128 cm³/mol. The van der Waals surface area contributed by atoms with Gasteiger partial charge in [-0.2, -0.15) is 0 Å². The van der Waals surface area contributed by atoms with E-state index in [-0.39, 0.29) is 29.2 Å². The molecule has 1 N–H and O–H groups in total. The van der Waals surface area contributed by atoms with Crippen LogP contribution in [0.3, 0.4) is 0 Å². The number of esters is 1. The SMILES string of the molecule is COC(=O)c1cc(N(Cc2cc(OC(C)C)cc(OC(C)C)c2)C2CCNCC2)nc(Cl)n1. The van der Waals surface area contributed by atoms with Crippen LogP contribution in [0.2, 0.25) is 5.28 Å². The maximum atomic E-state index is 12.1. The van der Waals surface area contributed by atoms with Crippen molar-refractivity contribution < 1.29 is 19.0 Å². The molecule has 0 radical (unpaired) electrons. The average Bonchev–Trinajstić information content (AvgIpc) is 2.76. The minimum absolute atomic E-state index is 0.00700. The van der Waals surface area contributed by atoms with Crippen LogP contribution in [-0.4, -0.2) is 54.4 Å². The Labute approximate surface area is 200 Å². The Bertz CT molecular complexity index is 920. The molecule has 2 heterocycles. The lowest BCUT2D eigenvalue weighted by molar-refractivity contribution is 0.0594. The van der Waals surface area contributed by atoms with Crippen LogP contribution in [-0.2, 0) is 11.3 Å². The van der Waals surface area contributed by atoms with E-state index >= 15 is 0 Å². The number of carbonyl (C=O) groups excluding carboxylic acids is 1. The highest BCUT2D eigenvalue weighted by molar-refractivity contribution is 6.28. The number of carbonyl (C=O) groups is 1. The topological polar surface area (TPSA) is 85.8 Å². The third-order valence-corrected chi connectivity index (χ3v) is 5.33. The molecule has 1 aromatic heterocycles. The maximum absolute atomic E-state index is 12.1. The van der Waals surface area contributed by atoms with E-state index in [1.807, 2.05) is 45.9 Å². The van der Waals surface area contributed by atoms with Gasteiger partial charge in [-0.15, -0.1) is 0 Å². The molecule has 0 amide bonds. The number of rotatable bonds is 9. The second-order valence-electron chi connectivity index (χ2n) is 8.63. The number of aromatic nitrogens is 2. The fourth-order valence-electron chi connectivity index (χ4n) is 3.88. The summed E-state index contributed by atoms with van der Waals surface area (Å²) in [6, 6.07) is 7.80. The summed E-state index contributed by atoms with van der Waals surface area (Å²) < 4.78 is 16.8. The first-order valence-electron chi connectivity index (χ1n) is 11.3. The average molecular weight is 477 g/mol. The third kappa shape index (κ3) is 7.20. The molecule has 0 saturated carbocycles. The predicted octanol–water partition coefficient (Wildman–Crippen LogP) is 4.25. The van der Waals surface area contributed by atoms with Crippen molar-refractivity contribution in [3.05, 3.63) is 40.8 Å². The molecule has 3 rings (SSSR count). The number of nitrogens with one attached hydrogen (secondary N) is 1. The molecule has 9 heteroatoms. The molecule has 0 spiro atoms.